The molecule has 0 fully saturated rings. The van der Waals surface area contributed by atoms with Crippen LogP contribution >= 0.6 is 7.92 Å². The molecule has 0 saturated carbocycles. The lowest BCUT2D eigenvalue weighted by Crippen LogP contribution is -3.00. The summed E-state index contributed by atoms with van der Waals surface area (Å²) < 4.78 is 0. The fraction of sp³-hybridized carbons (Fsp3) is 0.684. The van der Waals surface area contributed by atoms with Crippen molar-refractivity contribution in [1.29, 1.82) is 0 Å². The van der Waals surface area contributed by atoms with Crippen molar-refractivity contribution in [3.8, 4) is 0 Å². The van der Waals surface area contributed by atoms with E-state index >= 15 is 0 Å². The van der Waals surface area contributed by atoms with E-state index in [1.54, 1.807) is 0 Å². The maximum absolute atomic E-state index is 2.43. The zero-order valence-electron chi connectivity index (χ0n) is 14.0. The highest BCUT2D eigenvalue weighted by Gasteiger charge is 1.99. The van der Waals surface area contributed by atoms with E-state index in [1.807, 2.05) is 0 Å². The first-order valence-corrected chi connectivity index (χ1v) is 11.3. The van der Waals surface area contributed by atoms with Crippen LogP contribution < -0.4 is 24.0 Å². The minimum Gasteiger partial charge on any atom is -1.00 e. The van der Waals surface area contributed by atoms with Gasteiger partial charge >= 0.3 is 0 Å². The molecule has 0 unspecified atom stereocenters. The highest BCUT2D eigenvalue weighted by molar-refractivity contribution is 7.55. The van der Waals surface area contributed by atoms with Crippen molar-refractivity contribution in [1.82, 2.24) is 0 Å². The SMILES string of the molecule is C[PH+](C)CCCCCCCCCCCc1ccccc1.[I-]. The molecule has 0 heterocycles. The van der Waals surface area contributed by atoms with E-state index in [4.69, 9.17) is 0 Å². The number of benzene rings is 1. The Morgan fingerprint density at radius 3 is 1.67 bits per heavy atom. The third-order valence-electron chi connectivity index (χ3n) is 3.99. The van der Waals surface area contributed by atoms with E-state index in [1.165, 1.54) is 75.9 Å². The molecule has 2 heteroatoms. The van der Waals surface area contributed by atoms with Gasteiger partial charge < -0.3 is 24.0 Å². The van der Waals surface area contributed by atoms with Gasteiger partial charge in [0, 0.05) is 13.3 Å². The van der Waals surface area contributed by atoms with E-state index in [0.717, 1.165) is 0 Å². The first-order chi connectivity index (χ1) is 9.79. The summed E-state index contributed by atoms with van der Waals surface area (Å²) in [6.07, 6.45) is 15.8. The summed E-state index contributed by atoms with van der Waals surface area (Å²) in [6.45, 7) is 4.86. The fourth-order valence-corrected chi connectivity index (χ4v) is 3.65. The second-order valence-electron chi connectivity index (χ2n) is 6.37. The van der Waals surface area contributed by atoms with Crippen LogP contribution in [0.15, 0.2) is 30.3 Å². The van der Waals surface area contributed by atoms with Crippen LogP contribution in [0.1, 0.15) is 63.4 Å². The van der Waals surface area contributed by atoms with Crippen molar-refractivity contribution in [2.75, 3.05) is 19.5 Å². The van der Waals surface area contributed by atoms with Crippen LogP contribution in [-0.2, 0) is 6.42 Å². The second kappa shape index (κ2) is 15.3. The molecule has 1 rings (SSSR count). The smallest absolute Gasteiger partial charge is 0.0566 e. The molecule has 0 radical (unpaired) electrons. The van der Waals surface area contributed by atoms with Crippen LogP contribution in [0.4, 0.5) is 0 Å². The summed E-state index contributed by atoms with van der Waals surface area (Å²) in [5, 5.41) is 0. The highest BCUT2D eigenvalue weighted by atomic mass is 127. The zero-order chi connectivity index (χ0) is 14.5. The Morgan fingerprint density at radius 1 is 0.667 bits per heavy atom. The Labute approximate surface area is 151 Å². The van der Waals surface area contributed by atoms with Crippen molar-refractivity contribution in [3.05, 3.63) is 35.9 Å². The second-order valence-corrected chi connectivity index (χ2v) is 9.29. The predicted octanol–water partition coefficient (Wildman–Crippen LogP) is 3.22. The zero-order valence-corrected chi connectivity index (χ0v) is 17.2. The molecule has 0 amide bonds. The van der Waals surface area contributed by atoms with Crippen molar-refractivity contribution in [3.63, 3.8) is 0 Å². The molecule has 0 N–H and O–H groups in total. The molecule has 122 valence electrons. The molecule has 1 aromatic rings. The summed E-state index contributed by atoms with van der Waals surface area (Å²) in [6, 6.07) is 10.9. The third-order valence-corrected chi connectivity index (χ3v) is 5.34. The van der Waals surface area contributed by atoms with Crippen LogP contribution in [-0.4, -0.2) is 19.5 Å². The Hall–Kier alpha value is 0.380. The van der Waals surface area contributed by atoms with Gasteiger partial charge in [0.05, 0.1) is 6.16 Å². The standard InChI is InChI=1S/C19H33P.HI/c1-20(2)18-14-9-7-5-3-4-6-8-11-15-19-16-12-10-13-17-19;/h10,12-13,16-17H,3-9,11,14-15,18H2,1-2H3;1H. The number of rotatable bonds is 12. The summed E-state index contributed by atoms with van der Waals surface area (Å²) in [7, 11) is 0.0355. The Bertz CT molecular complexity index is 311. The monoisotopic (exact) mass is 420 g/mol. The molecular formula is C19H34IP. The van der Waals surface area contributed by atoms with Crippen LogP contribution in [0, 0.1) is 0 Å². The Balaban J connectivity index is 0.00000400. The van der Waals surface area contributed by atoms with Gasteiger partial charge in [-0.15, -0.1) is 0 Å². The molecule has 0 bridgehead atoms. The maximum atomic E-state index is 2.43. The average molecular weight is 420 g/mol. The van der Waals surface area contributed by atoms with E-state index in [9.17, 15) is 0 Å². The number of hydrogen-bond acceptors (Lipinski definition) is 0. The number of halogens is 1. The van der Waals surface area contributed by atoms with Crippen LogP contribution in [0.25, 0.3) is 0 Å². The van der Waals surface area contributed by atoms with Gasteiger partial charge in [0.15, 0.2) is 0 Å². The quantitative estimate of drug-likeness (QED) is 0.277. The molecule has 0 aliphatic rings. The van der Waals surface area contributed by atoms with Gasteiger partial charge in [0.25, 0.3) is 0 Å². The van der Waals surface area contributed by atoms with Gasteiger partial charge in [-0.2, -0.15) is 0 Å². The molecule has 21 heavy (non-hydrogen) atoms. The lowest BCUT2D eigenvalue weighted by molar-refractivity contribution is -0.00000439. The third kappa shape index (κ3) is 13.7. The van der Waals surface area contributed by atoms with Gasteiger partial charge in [-0.3, -0.25) is 0 Å². The van der Waals surface area contributed by atoms with Crippen molar-refractivity contribution in [2.24, 2.45) is 0 Å². The lowest BCUT2D eigenvalue weighted by Gasteiger charge is -2.03. The summed E-state index contributed by atoms with van der Waals surface area (Å²) in [5.41, 5.74) is 1.50. The van der Waals surface area contributed by atoms with Gasteiger partial charge in [-0.1, -0.05) is 68.9 Å². The first-order valence-electron chi connectivity index (χ1n) is 8.62. The molecule has 0 saturated heterocycles. The first kappa shape index (κ1) is 21.4. The van der Waals surface area contributed by atoms with Gasteiger partial charge in [-0.25, -0.2) is 0 Å². The summed E-state index contributed by atoms with van der Waals surface area (Å²) in [4.78, 5) is 0. The molecule has 0 nitrogen and oxygen atoms in total. The van der Waals surface area contributed by atoms with Crippen LogP contribution in [0.3, 0.4) is 0 Å². The molecular weight excluding hydrogens is 386 g/mol. The van der Waals surface area contributed by atoms with E-state index in [2.05, 4.69) is 43.7 Å². The lowest BCUT2D eigenvalue weighted by atomic mass is 10.0. The Kier molecular flexibility index (Phi) is 15.6. The van der Waals surface area contributed by atoms with E-state index < -0.39 is 0 Å². The number of aryl methyl sites for hydroxylation is 1. The summed E-state index contributed by atoms with van der Waals surface area (Å²) in [5.74, 6) is 0. The van der Waals surface area contributed by atoms with Crippen molar-refractivity contribution < 1.29 is 24.0 Å². The molecule has 0 aromatic heterocycles. The van der Waals surface area contributed by atoms with Gasteiger partial charge in [0.1, 0.15) is 0 Å². The summed E-state index contributed by atoms with van der Waals surface area (Å²) >= 11 is 0. The molecule has 1 aromatic carbocycles. The molecule has 0 atom stereocenters. The van der Waals surface area contributed by atoms with Crippen molar-refractivity contribution >= 4 is 7.92 Å². The largest absolute Gasteiger partial charge is 1.00 e. The topological polar surface area (TPSA) is 0 Å². The fourth-order valence-electron chi connectivity index (χ4n) is 2.69. The number of unbranched alkanes of at least 4 members (excludes halogenated alkanes) is 8. The predicted molar refractivity (Wildman–Crippen MR) is 96.7 cm³/mol. The van der Waals surface area contributed by atoms with Crippen LogP contribution in [0.2, 0.25) is 0 Å². The highest BCUT2D eigenvalue weighted by Crippen LogP contribution is 2.26. The van der Waals surface area contributed by atoms with E-state index in [-0.39, 0.29) is 31.9 Å². The Morgan fingerprint density at radius 2 is 1.14 bits per heavy atom. The number of hydrogen-bond donors (Lipinski definition) is 0. The minimum absolute atomic E-state index is 0. The van der Waals surface area contributed by atoms with E-state index in [0.29, 0.717) is 0 Å². The van der Waals surface area contributed by atoms with Gasteiger partial charge in [-0.05, 0) is 39.2 Å². The molecule has 0 aliphatic carbocycles. The van der Waals surface area contributed by atoms with Crippen molar-refractivity contribution in [2.45, 2.75) is 64.2 Å². The molecule has 0 aliphatic heterocycles. The normalized spacial score (nSPS) is 10.6. The average Bonchev–Trinajstić information content (AvgIpc) is 2.45. The maximum Gasteiger partial charge on any atom is 0.0566 e. The van der Waals surface area contributed by atoms with Crippen LogP contribution in [0.5, 0.6) is 0 Å². The van der Waals surface area contributed by atoms with Gasteiger partial charge in [0.2, 0.25) is 0 Å². The molecule has 0 spiro atoms. The minimum atomic E-state index is 0.